The van der Waals surface area contributed by atoms with Crippen LogP contribution in [0, 0.1) is 11.8 Å². The summed E-state index contributed by atoms with van der Waals surface area (Å²) in [7, 11) is 0. The first kappa shape index (κ1) is 13.0. The van der Waals surface area contributed by atoms with Gasteiger partial charge in [-0.25, -0.2) is 4.68 Å². The van der Waals surface area contributed by atoms with E-state index in [1.54, 1.807) is 0 Å². The molecule has 21 heavy (non-hydrogen) atoms. The van der Waals surface area contributed by atoms with Crippen molar-refractivity contribution in [2.24, 2.45) is 11.8 Å². The normalized spacial score (nSPS) is 25.9. The molecule has 1 N–H and O–H groups in total. The Morgan fingerprint density at radius 3 is 2.81 bits per heavy atom. The molecule has 0 radical (unpaired) electrons. The van der Waals surface area contributed by atoms with Gasteiger partial charge in [0.05, 0.1) is 5.69 Å². The number of nitrogens with one attached hydrogen (secondary N) is 1. The molecule has 1 aromatic carbocycles. The number of aromatic nitrogens is 2. The summed E-state index contributed by atoms with van der Waals surface area (Å²) < 4.78 is 1.90. The predicted octanol–water partition coefficient (Wildman–Crippen LogP) is 1.91. The summed E-state index contributed by atoms with van der Waals surface area (Å²) in [4.78, 5) is 2.61. The smallest absolute Gasteiger partial charge is 0.0645 e. The van der Waals surface area contributed by atoms with Crippen LogP contribution in [0.15, 0.2) is 42.7 Å². The quantitative estimate of drug-likeness (QED) is 0.933. The summed E-state index contributed by atoms with van der Waals surface area (Å²) in [5.74, 6) is 1.78. The zero-order chi connectivity index (χ0) is 14.1. The average molecular weight is 282 g/mol. The SMILES string of the molecule is c1cnn(-c2ccc(CN3CCC4CNCC4C3)cc2)c1. The van der Waals surface area contributed by atoms with Crippen LogP contribution in [-0.2, 0) is 6.54 Å². The minimum absolute atomic E-state index is 0.863. The van der Waals surface area contributed by atoms with Crippen LogP contribution in [0.4, 0.5) is 0 Å². The minimum atomic E-state index is 0.863. The van der Waals surface area contributed by atoms with Crippen molar-refractivity contribution >= 4 is 0 Å². The lowest BCUT2D eigenvalue weighted by atomic mass is 9.88. The maximum absolute atomic E-state index is 4.27. The molecule has 0 saturated carbocycles. The molecule has 2 saturated heterocycles. The van der Waals surface area contributed by atoms with E-state index in [9.17, 15) is 0 Å². The third-order valence-electron chi connectivity index (χ3n) is 4.90. The average Bonchev–Trinajstić information content (AvgIpc) is 3.19. The van der Waals surface area contributed by atoms with Crippen LogP contribution in [0.25, 0.3) is 5.69 Å². The van der Waals surface area contributed by atoms with Gasteiger partial charge in [-0.15, -0.1) is 0 Å². The van der Waals surface area contributed by atoms with Gasteiger partial charge in [-0.3, -0.25) is 4.90 Å². The Morgan fingerprint density at radius 1 is 1.14 bits per heavy atom. The number of hydrogen-bond acceptors (Lipinski definition) is 3. The van der Waals surface area contributed by atoms with Crippen molar-refractivity contribution in [1.82, 2.24) is 20.0 Å². The van der Waals surface area contributed by atoms with Crippen LogP contribution in [-0.4, -0.2) is 40.9 Å². The van der Waals surface area contributed by atoms with Crippen molar-refractivity contribution in [2.75, 3.05) is 26.2 Å². The number of rotatable bonds is 3. The Morgan fingerprint density at radius 2 is 2.00 bits per heavy atom. The Bertz CT molecular complexity index is 575. The summed E-state index contributed by atoms with van der Waals surface area (Å²) in [6.45, 7) is 6.00. The van der Waals surface area contributed by atoms with Crippen LogP contribution in [0.2, 0.25) is 0 Å². The molecule has 2 atom stereocenters. The molecule has 110 valence electrons. The third-order valence-corrected chi connectivity index (χ3v) is 4.90. The van der Waals surface area contributed by atoms with E-state index in [4.69, 9.17) is 0 Å². The highest BCUT2D eigenvalue weighted by Gasteiger charge is 2.32. The highest BCUT2D eigenvalue weighted by molar-refractivity contribution is 5.33. The lowest BCUT2D eigenvalue weighted by Gasteiger charge is -2.34. The molecule has 2 aliphatic rings. The Labute approximate surface area is 125 Å². The molecule has 0 aliphatic carbocycles. The van der Waals surface area contributed by atoms with Gasteiger partial charge in [0, 0.05) is 25.5 Å². The summed E-state index contributed by atoms with van der Waals surface area (Å²) >= 11 is 0. The molecule has 2 aliphatic heterocycles. The van der Waals surface area contributed by atoms with E-state index < -0.39 is 0 Å². The number of benzene rings is 1. The van der Waals surface area contributed by atoms with Gasteiger partial charge in [0.15, 0.2) is 0 Å². The van der Waals surface area contributed by atoms with E-state index in [0.717, 1.165) is 24.1 Å². The predicted molar refractivity (Wildman–Crippen MR) is 83.3 cm³/mol. The van der Waals surface area contributed by atoms with Gasteiger partial charge in [0.1, 0.15) is 0 Å². The number of hydrogen-bond donors (Lipinski definition) is 1. The zero-order valence-electron chi connectivity index (χ0n) is 12.3. The van der Waals surface area contributed by atoms with Crippen LogP contribution in [0.5, 0.6) is 0 Å². The van der Waals surface area contributed by atoms with Crippen LogP contribution in [0.3, 0.4) is 0 Å². The molecule has 0 bridgehead atoms. The second kappa shape index (κ2) is 5.62. The minimum Gasteiger partial charge on any atom is -0.316 e. The lowest BCUT2D eigenvalue weighted by molar-refractivity contribution is 0.142. The number of nitrogens with zero attached hydrogens (tertiary/aromatic N) is 3. The second-order valence-electron chi connectivity index (χ2n) is 6.32. The van der Waals surface area contributed by atoms with E-state index in [1.807, 2.05) is 23.1 Å². The molecule has 4 heteroatoms. The molecule has 4 rings (SSSR count). The van der Waals surface area contributed by atoms with Crippen molar-refractivity contribution in [1.29, 1.82) is 0 Å². The van der Waals surface area contributed by atoms with Crippen LogP contribution in [0.1, 0.15) is 12.0 Å². The van der Waals surface area contributed by atoms with Gasteiger partial charge in [-0.2, -0.15) is 5.10 Å². The molecule has 0 spiro atoms. The first-order chi connectivity index (χ1) is 10.4. The molecule has 2 unspecified atom stereocenters. The molecule has 2 fully saturated rings. The second-order valence-corrected chi connectivity index (χ2v) is 6.32. The van der Waals surface area contributed by atoms with Gasteiger partial charge < -0.3 is 5.32 Å². The van der Waals surface area contributed by atoms with E-state index in [2.05, 4.69) is 39.6 Å². The molecule has 3 heterocycles. The summed E-state index contributed by atoms with van der Waals surface area (Å²) in [5, 5.41) is 7.80. The zero-order valence-corrected chi connectivity index (χ0v) is 12.3. The first-order valence-electron chi connectivity index (χ1n) is 7.90. The third kappa shape index (κ3) is 2.74. The van der Waals surface area contributed by atoms with Crippen LogP contribution < -0.4 is 5.32 Å². The van der Waals surface area contributed by atoms with E-state index in [-0.39, 0.29) is 0 Å². The maximum atomic E-state index is 4.27. The van der Waals surface area contributed by atoms with Gasteiger partial charge in [-0.05, 0) is 61.7 Å². The Balaban J connectivity index is 1.41. The standard InChI is InChI=1S/C17H22N4/c1-7-19-21(8-1)17-4-2-14(3-5-17)12-20-9-6-15-10-18-11-16(15)13-20/h1-5,7-8,15-16,18H,6,9-13H2. The van der Waals surface area contributed by atoms with Crippen molar-refractivity contribution in [3.63, 3.8) is 0 Å². The summed E-state index contributed by atoms with van der Waals surface area (Å²) in [5.41, 5.74) is 2.53. The largest absolute Gasteiger partial charge is 0.316 e. The molecule has 2 aromatic rings. The van der Waals surface area contributed by atoms with Gasteiger partial charge in [0.2, 0.25) is 0 Å². The van der Waals surface area contributed by atoms with Gasteiger partial charge in [0.25, 0.3) is 0 Å². The Kier molecular flexibility index (Phi) is 3.49. The van der Waals surface area contributed by atoms with Gasteiger partial charge >= 0.3 is 0 Å². The molecule has 0 amide bonds. The van der Waals surface area contributed by atoms with Crippen LogP contribution >= 0.6 is 0 Å². The highest BCUT2D eigenvalue weighted by Crippen LogP contribution is 2.27. The lowest BCUT2D eigenvalue weighted by Crippen LogP contribution is -2.39. The fourth-order valence-electron chi connectivity index (χ4n) is 3.69. The number of piperidine rings is 1. The molecular formula is C17H22N4. The van der Waals surface area contributed by atoms with Crippen molar-refractivity contribution < 1.29 is 0 Å². The van der Waals surface area contributed by atoms with E-state index in [0.29, 0.717) is 0 Å². The fourth-order valence-corrected chi connectivity index (χ4v) is 3.69. The van der Waals surface area contributed by atoms with Crippen molar-refractivity contribution in [2.45, 2.75) is 13.0 Å². The van der Waals surface area contributed by atoms with Gasteiger partial charge in [-0.1, -0.05) is 12.1 Å². The van der Waals surface area contributed by atoms with E-state index in [1.165, 1.54) is 38.2 Å². The van der Waals surface area contributed by atoms with Crippen molar-refractivity contribution in [3.8, 4) is 5.69 Å². The van der Waals surface area contributed by atoms with Crippen molar-refractivity contribution in [3.05, 3.63) is 48.3 Å². The maximum Gasteiger partial charge on any atom is 0.0645 e. The Hall–Kier alpha value is -1.65. The topological polar surface area (TPSA) is 33.1 Å². The first-order valence-corrected chi connectivity index (χ1v) is 7.90. The molecule has 4 nitrogen and oxygen atoms in total. The highest BCUT2D eigenvalue weighted by atomic mass is 15.3. The summed E-state index contributed by atoms with van der Waals surface area (Å²) in [6, 6.07) is 10.7. The van der Waals surface area contributed by atoms with E-state index >= 15 is 0 Å². The monoisotopic (exact) mass is 282 g/mol. The molecular weight excluding hydrogens is 260 g/mol. The molecule has 1 aromatic heterocycles. The summed E-state index contributed by atoms with van der Waals surface area (Å²) in [6.07, 6.45) is 5.14. The fraction of sp³-hybridized carbons (Fsp3) is 0.471. The number of likely N-dealkylation sites (tertiary alicyclic amines) is 1. The number of fused-ring (bicyclic) bond motifs is 1.